The zero-order valence-electron chi connectivity index (χ0n) is 15.3. The van der Waals surface area contributed by atoms with Gasteiger partial charge in [0.25, 0.3) is 0 Å². The molecule has 0 amide bonds. The number of aromatic amines is 1. The molecule has 0 saturated heterocycles. The van der Waals surface area contributed by atoms with Crippen LogP contribution >= 0.6 is 0 Å². The number of nitrogens with one attached hydrogen (secondary N) is 2. The molecule has 0 spiro atoms. The quantitative estimate of drug-likeness (QED) is 0.702. The van der Waals surface area contributed by atoms with Crippen molar-refractivity contribution in [1.29, 1.82) is 0 Å². The first-order valence-corrected chi connectivity index (χ1v) is 8.80. The van der Waals surface area contributed by atoms with Crippen LogP contribution in [0, 0.1) is 0 Å². The summed E-state index contributed by atoms with van der Waals surface area (Å²) in [5.74, 6) is 0.930. The fourth-order valence-electron chi connectivity index (χ4n) is 2.70. The molecule has 2 rings (SSSR count). The molecule has 2 aromatic rings. The Balaban J connectivity index is 2.05. The second kappa shape index (κ2) is 9.45. The van der Waals surface area contributed by atoms with Crippen LogP contribution in [0.25, 0.3) is 11.3 Å². The normalized spacial score (nSPS) is 11.4. The smallest absolute Gasteiger partial charge is 0.119 e. The van der Waals surface area contributed by atoms with E-state index in [1.165, 1.54) is 5.56 Å². The zero-order valence-corrected chi connectivity index (χ0v) is 15.3. The average Bonchev–Trinajstić information content (AvgIpc) is 3.06. The van der Waals surface area contributed by atoms with Crippen LogP contribution in [0.1, 0.15) is 32.3 Å². The molecule has 2 N–H and O–H groups in total. The average molecular weight is 330 g/mol. The third-order valence-corrected chi connectivity index (χ3v) is 4.26. The number of likely N-dealkylation sites (N-methyl/N-ethyl adjacent to an activating group) is 2. The van der Waals surface area contributed by atoms with E-state index in [1.54, 1.807) is 0 Å². The SMILES string of the molecule is CCC(CC)Oc1ccc(-c2[nH]ncc2CN(C)CCNC)cc1. The largest absolute Gasteiger partial charge is 0.490 e. The first kappa shape index (κ1) is 18.5. The van der Waals surface area contributed by atoms with E-state index in [4.69, 9.17) is 4.74 Å². The second-order valence-corrected chi connectivity index (χ2v) is 6.19. The fraction of sp³-hybridized carbons (Fsp3) is 0.526. The highest BCUT2D eigenvalue weighted by Crippen LogP contribution is 2.25. The lowest BCUT2D eigenvalue weighted by atomic mass is 10.1. The molecular formula is C19H30N4O. The van der Waals surface area contributed by atoms with E-state index in [0.717, 1.165) is 49.5 Å². The Bertz CT molecular complexity index is 590. The number of hydrogen-bond acceptors (Lipinski definition) is 4. The fourth-order valence-corrected chi connectivity index (χ4v) is 2.70. The molecule has 0 unspecified atom stereocenters. The van der Waals surface area contributed by atoms with Crippen molar-refractivity contribution in [1.82, 2.24) is 20.4 Å². The van der Waals surface area contributed by atoms with Crippen LogP contribution < -0.4 is 10.1 Å². The Kier molecular flexibility index (Phi) is 7.28. The number of aromatic nitrogens is 2. The van der Waals surface area contributed by atoms with Crippen molar-refractivity contribution < 1.29 is 4.74 Å². The van der Waals surface area contributed by atoms with E-state index in [9.17, 15) is 0 Å². The molecule has 1 aromatic heterocycles. The van der Waals surface area contributed by atoms with Crippen molar-refractivity contribution in [3.05, 3.63) is 36.0 Å². The highest BCUT2D eigenvalue weighted by Gasteiger charge is 2.11. The molecule has 5 nitrogen and oxygen atoms in total. The minimum atomic E-state index is 0.291. The summed E-state index contributed by atoms with van der Waals surface area (Å²) in [4.78, 5) is 2.29. The molecular weight excluding hydrogens is 300 g/mol. The maximum atomic E-state index is 5.98. The Labute approximate surface area is 145 Å². The first-order chi connectivity index (χ1) is 11.7. The van der Waals surface area contributed by atoms with Crippen molar-refractivity contribution in [2.75, 3.05) is 27.2 Å². The summed E-state index contributed by atoms with van der Waals surface area (Å²) in [6, 6.07) is 8.29. The summed E-state index contributed by atoms with van der Waals surface area (Å²) in [6.07, 6.45) is 4.27. The molecule has 0 fully saturated rings. The number of nitrogens with zero attached hydrogens (tertiary/aromatic N) is 2. The maximum absolute atomic E-state index is 5.98. The van der Waals surface area contributed by atoms with Gasteiger partial charge < -0.3 is 15.0 Å². The number of rotatable bonds is 10. The van der Waals surface area contributed by atoms with Gasteiger partial charge in [-0.1, -0.05) is 13.8 Å². The Morgan fingerprint density at radius 3 is 2.54 bits per heavy atom. The lowest BCUT2D eigenvalue weighted by Gasteiger charge is -2.17. The third-order valence-electron chi connectivity index (χ3n) is 4.26. The summed E-state index contributed by atoms with van der Waals surface area (Å²) in [5, 5.41) is 10.5. The maximum Gasteiger partial charge on any atom is 0.119 e. The van der Waals surface area contributed by atoms with E-state index in [0.29, 0.717) is 6.10 Å². The first-order valence-electron chi connectivity index (χ1n) is 8.80. The van der Waals surface area contributed by atoms with Crippen LogP contribution in [-0.4, -0.2) is 48.4 Å². The summed E-state index contributed by atoms with van der Waals surface area (Å²) in [5.41, 5.74) is 3.43. The van der Waals surface area contributed by atoms with Crippen LogP contribution in [0.2, 0.25) is 0 Å². The Hall–Kier alpha value is -1.85. The number of ether oxygens (including phenoxy) is 1. The highest BCUT2D eigenvalue weighted by atomic mass is 16.5. The standard InChI is InChI=1S/C19H30N4O/c1-5-17(6-2)24-18-9-7-15(8-10-18)19-16(13-21-22-19)14-23(4)12-11-20-3/h7-10,13,17,20H,5-6,11-12,14H2,1-4H3,(H,21,22). The van der Waals surface area contributed by atoms with Gasteiger partial charge in [-0.2, -0.15) is 5.10 Å². The monoisotopic (exact) mass is 330 g/mol. The minimum Gasteiger partial charge on any atom is -0.490 e. The van der Waals surface area contributed by atoms with Crippen LogP contribution in [0.15, 0.2) is 30.5 Å². The Morgan fingerprint density at radius 1 is 1.21 bits per heavy atom. The molecule has 0 aliphatic heterocycles. The minimum absolute atomic E-state index is 0.291. The van der Waals surface area contributed by atoms with E-state index < -0.39 is 0 Å². The number of hydrogen-bond donors (Lipinski definition) is 2. The summed E-state index contributed by atoms with van der Waals surface area (Å²) in [6.45, 7) is 7.17. The van der Waals surface area contributed by atoms with E-state index in [-0.39, 0.29) is 0 Å². The topological polar surface area (TPSA) is 53.2 Å². The van der Waals surface area contributed by atoms with Gasteiger partial charge in [-0.25, -0.2) is 0 Å². The van der Waals surface area contributed by atoms with E-state index >= 15 is 0 Å². The molecule has 1 heterocycles. The number of benzene rings is 1. The van der Waals surface area contributed by atoms with Crippen LogP contribution in [-0.2, 0) is 6.54 Å². The summed E-state index contributed by atoms with van der Waals surface area (Å²) < 4.78 is 5.98. The predicted octanol–water partition coefficient (Wildman–Crippen LogP) is 3.30. The Morgan fingerprint density at radius 2 is 1.92 bits per heavy atom. The third kappa shape index (κ3) is 5.08. The molecule has 0 atom stereocenters. The number of H-pyrrole nitrogens is 1. The lowest BCUT2D eigenvalue weighted by Crippen LogP contribution is -2.26. The lowest BCUT2D eigenvalue weighted by molar-refractivity contribution is 0.193. The van der Waals surface area contributed by atoms with E-state index in [1.807, 2.05) is 25.4 Å². The van der Waals surface area contributed by atoms with Gasteiger partial charge >= 0.3 is 0 Å². The van der Waals surface area contributed by atoms with Gasteiger partial charge in [-0.3, -0.25) is 5.10 Å². The summed E-state index contributed by atoms with van der Waals surface area (Å²) in [7, 11) is 4.10. The van der Waals surface area contributed by atoms with Crippen LogP contribution in [0.4, 0.5) is 0 Å². The highest BCUT2D eigenvalue weighted by molar-refractivity contribution is 5.63. The van der Waals surface area contributed by atoms with Gasteiger partial charge in [-0.15, -0.1) is 0 Å². The van der Waals surface area contributed by atoms with Gasteiger partial charge in [0.2, 0.25) is 0 Å². The second-order valence-electron chi connectivity index (χ2n) is 6.19. The molecule has 0 bridgehead atoms. The molecule has 1 aromatic carbocycles. The van der Waals surface area contributed by atoms with Crippen molar-refractivity contribution in [3.8, 4) is 17.0 Å². The van der Waals surface area contributed by atoms with Crippen molar-refractivity contribution in [2.45, 2.75) is 39.3 Å². The van der Waals surface area contributed by atoms with Gasteiger partial charge in [0.1, 0.15) is 5.75 Å². The molecule has 24 heavy (non-hydrogen) atoms. The van der Waals surface area contributed by atoms with Crippen molar-refractivity contribution >= 4 is 0 Å². The van der Waals surface area contributed by atoms with Gasteiger partial charge in [0, 0.05) is 30.8 Å². The molecule has 132 valence electrons. The molecule has 0 radical (unpaired) electrons. The summed E-state index contributed by atoms with van der Waals surface area (Å²) >= 11 is 0. The van der Waals surface area contributed by atoms with Gasteiger partial charge in [0.15, 0.2) is 0 Å². The van der Waals surface area contributed by atoms with Crippen LogP contribution in [0.3, 0.4) is 0 Å². The van der Waals surface area contributed by atoms with E-state index in [2.05, 4.69) is 53.4 Å². The molecule has 0 aliphatic rings. The van der Waals surface area contributed by atoms with Crippen molar-refractivity contribution in [2.24, 2.45) is 0 Å². The predicted molar refractivity (Wildman–Crippen MR) is 99.3 cm³/mol. The van der Waals surface area contributed by atoms with Crippen molar-refractivity contribution in [3.63, 3.8) is 0 Å². The van der Waals surface area contributed by atoms with Gasteiger partial charge in [0.05, 0.1) is 18.0 Å². The molecule has 0 saturated carbocycles. The zero-order chi connectivity index (χ0) is 17.4. The molecule has 0 aliphatic carbocycles. The molecule has 5 heteroatoms. The van der Waals surface area contributed by atoms with Crippen LogP contribution in [0.5, 0.6) is 5.75 Å². The van der Waals surface area contributed by atoms with Gasteiger partial charge in [-0.05, 0) is 51.2 Å².